The van der Waals surface area contributed by atoms with Gasteiger partial charge in [0.05, 0.1) is 25.7 Å². The maximum absolute atomic E-state index is 12.5. The number of fused-ring (bicyclic) bond motifs is 1. The van der Waals surface area contributed by atoms with Crippen molar-refractivity contribution in [3.8, 4) is 0 Å². The second-order valence-corrected chi connectivity index (χ2v) is 5.28. The highest BCUT2D eigenvalue weighted by molar-refractivity contribution is 5.77. The molecule has 0 spiro atoms. The van der Waals surface area contributed by atoms with E-state index in [0.29, 0.717) is 18.8 Å². The molecule has 23 heavy (non-hydrogen) atoms. The van der Waals surface area contributed by atoms with E-state index in [9.17, 15) is 14.4 Å². The van der Waals surface area contributed by atoms with E-state index in [1.165, 1.54) is 9.30 Å². The van der Waals surface area contributed by atoms with Gasteiger partial charge in [-0.3, -0.25) is 14.0 Å². The Bertz CT molecular complexity index is 796. The molecule has 2 aromatic heterocycles. The predicted molar refractivity (Wildman–Crippen MR) is 78.0 cm³/mol. The number of carbonyl (C=O) groups excluding carboxylic acids is 1. The van der Waals surface area contributed by atoms with Crippen molar-refractivity contribution in [2.75, 3.05) is 19.8 Å². The average Bonchev–Trinajstić information content (AvgIpc) is 2.84. The van der Waals surface area contributed by atoms with Gasteiger partial charge in [-0.25, -0.2) is 9.48 Å². The van der Waals surface area contributed by atoms with Crippen LogP contribution >= 0.6 is 0 Å². The fourth-order valence-corrected chi connectivity index (χ4v) is 2.64. The first-order valence-corrected chi connectivity index (χ1v) is 7.19. The molecular formula is C14H16N4O5. The number of carbonyl (C=O) groups is 2. The van der Waals surface area contributed by atoms with Crippen LogP contribution in [0.4, 0.5) is 0 Å². The summed E-state index contributed by atoms with van der Waals surface area (Å²) in [5.74, 6) is -1.34. The molecule has 1 aliphatic heterocycles. The van der Waals surface area contributed by atoms with Crippen molar-refractivity contribution < 1.29 is 19.4 Å². The summed E-state index contributed by atoms with van der Waals surface area (Å²) >= 11 is 0. The van der Waals surface area contributed by atoms with Gasteiger partial charge in [0.15, 0.2) is 5.65 Å². The molecule has 1 N–H and O–H groups in total. The van der Waals surface area contributed by atoms with Crippen molar-refractivity contribution in [2.45, 2.75) is 19.0 Å². The number of rotatable bonds is 4. The Morgan fingerprint density at radius 2 is 2.22 bits per heavy atom. The zero-order valence-corrected chi connectivity index (χ0v) is 12.3. The summed E-state index contributed by atoms with van der Waals surface area (Å²) in [5.41, 5.74) is 0.0476. The molecule has 122 valence electrons. The van der Waals surface area contributed by atoms with Crippen LogP contribution in [0.3, 0.4) is 0 Å². The number of pyridine rings is 1. The number of aliphatic carboxylic acids is 1. The number of morpholine rings is 1. The minimum absolute atomic E-state index is 0.179. The van der Waals surface area contributed by atoms with E-state index >= 15 is 0 Å². The lowest BCUT2D eigenvalue weighted by atomic mass is 10.1. The van der Waals surface area contributed by atoms with Gasteiger partial charge in [0.25, 0.3) is 0 Å². The van der Waals surface area contributed by atoms with Gasteiger partial charge in [-0.1, -0.05) is 6.07 Å². The smallest absolute Gasteiger partial charge is 0.350 e. The van der Waals surface area contributed by atoms with Crippen LogP contribution < -0.4 is 5.69 Å². The molecule has 0 aromatic carbocycles. The monoisotopic (exact) mass is 320 g/mol. The van der Waals surface area contributed by atoms with Crippen molar-refractivity contribution in [1.82, 2.24) is 19.1 Å². The van der Waals surface area contributed by atoms with Crippen molar-refractivity contribution >= 4 is 17.5 Å². The Kier molecular flexibility index (Phi) is 4.11. The third-order valence-corrected chi connectivity index (χ3v) is 3.73. The van der Waals surface area contributed by atoms with Gasteiger partial charge in [-0.05, 0) is 12.1 Å². The van der Waals surface area contributed by atoms with Crippen molar-refractivity contribution in [2.24, 2.45) is 0 Å². The van der Waals surface area contributed by atoms with Gasteiger partial charge < -0.3 is 14.7 Å². The SMILES string of the molecule is O=C(O)CC1COCCN1C(=O)Cn1nc2ccccn2c1=O. The number of carboxylic acid groups (broad SMARTS) is 1. The Hall–Kier alpha value is -2.68. The summed E-state index contributed by atoms with van der Waals surface area (Å²) in [6.07, 6.45) is 1.39. The van der Waals surface area contributed by atoms with Crippen LogP contribution in [0.25, 0.3) is 5.65 Å². The van der Waals surface area contributed by atoms with Crippen molar-refractivity contribution in [3.63, 3.8) is 0 Å². The lowest BCUT2D eigenvalue weighted by Crippen LogP contribution is -2.51. The fourth-order valence-electron chi connectivity index (χ4n) is 2.64. The number of ether oxygens (including phenoxy) is 1. The zero-order valence-electron chi connectivity index (χ0n) is 12.3. The molecule has 0 saturated carbocycles. The molecule has 3 rings (SSSR count). The van der Waals surface area contributed by atoms with E-state index in [4.69, 9.17) is 9.84 Å². The molecule has 0 radical (unpaired) electrons. The normalized spacial score (nSPS) is 18.3. The Morgan fingerprint density at radius 3 is 2.96 bits per heavy atom. The molecule has 1 saturated heterocycles. The summed E-state index contributed by atoms with van der Waals surface area (Å²) in [7, 11) is 0. The minimum atomic E-state index is -0.997. The first-order chi connectivity index (χ1) is 11.1. The third kappa shape index (κ3) is 3.09. The Labute approximate surface area is 130 Å². The molecule has 1 aliphatic rings. The Balaban J connectivity index is 1.80. The molecule has 9 nitrogen and oxygen atoms in total. The molecule has 3 heterocycles. The van der Waals surface area contributed by atoms with Crippen LogP contribution in [-0.2, 0) is 20.9 Å². The summed E-state index contributed by atoms with van der Waals surface area (Å²) in [5, 5.41) is 13.0. The van der Waals surface area contributed by atoms with Crippen LogP contribution in [-0.4, -0.2) is 61.9 Å². The minimum Gasteiger partial charge on any atom is -0.481 e. The van der Waals surface area contributed by atoms with Gasteiger partial charge >= 0.3 is 11.7 Å². The van der Waals surface area contributed by atoms with E-state index in [1.54, 1.807) is 24.4 Å². The second-order valence-electron chi connectivity index (χ2n) is 5.28. The maximum Gasteiger partial charge on any atom is 0.350 e. The topological polar surface area (TPSA) is 106 Å². The number of carboxylic acids is 1. The number of aromatic nitrogens is 3. The predicted octanol–water partition coefficient (Wildman–Crippen LogP) is -0.802. The second kappa shape index (κ2) is 6.21. The highest BCUT2D eigenvalue weighted by atomic mass is 16.5. The number of hydrogen-bond acceptors (Lipinski definition) is 5. The molecule has 2 aromatic rings. The average molecular weight is 320 g/mol. The first-order valence-electron chi connectivity index (χ1n) is 7.19. The summed E-state index contributed by atoms with van der Waals surface area (Å²) in [6.45, 7) is 0.607. The van der Waals surface area contributed by atoms with Gasteiger partial charge in [-0.2, -0.15) is 0 Å². The van der Waals surface area contributed by atoms with Crippen molar-refractivity contribution in [3.05, 3.63) is 34.9 Å². The number of amides is 1. The van der Waals surface area contributed by atoms with E-state index in [-0.39, 0.29) is 25.5 Å². The fraction of sp³-hybridized carbons (Fsp3) is 0.429. The standard InChI is InChI=1S/C14H16N4O5/c19-12(16-5-6-23-9-10(16)7-13(20)21)8-18-14(22)17-4-2-1-3-11(17)15-18/h1-4,10H,5-9H2,(H,20,21). The molecule has 1 unspecified atom stereocenters. The number of hydrogen-bond donors (Lipinski definition) is 1. The number of nitrogens with zero attached hydrogens (tertiary/aromatic N) is 4. The molecule has 1 atom stereocenters. The van der Waals surface area contributed by atoms with Crippen LogP contribution in [0.15, 0.2) is 29.2 Å². The quantitative estimate of drug-likeness (QED) is 0.790. The molecular weight excluding hydrogens is 304 g/mol. The van der Waals surface area contributed by atoms with Crippen LogP contribution in [0.2, 0.25) is 0 Å². The molecule has 1 fully saturated rings. The molecule has 0 aliphatic carbocycles. The van der Waals surface area contributed by atoms with Gasteiger partial charge in [0, 0.05) is 12.7 Å². The molecule has 1 amide bonds. The van der Waals surface area contributed by atoms with Crippen molar-refractivity contribution in [1.29, 1.82) is 0 Å². The van der Waals surface area contributed by atoms with E-state index in [1.807, 2.05) is 0 Å². The van der Waals surface area contributed by atoms with E-state index < -0.39 is 17.7 Å². The lowest BCUT2D eigenvalue weighted by molar-refractivity contribution is -0.146. The molecule has 9 heteroatoms. The highest BCUT2D eigenvalue weighted by Crippen LogP contribution is 2.11. The largest absolute Gasteiger partial charge is 0.481 e. The van der Waals surface area contributed by atoms with E-state index in [2.05, 4.69) is 5.10 Å². The van der Waals surface area contributed by atoms with Gasteiger partial charge in [0.2, 0.25) is 5.91 Å². The van der Waals surface area contributed by atoms with Crippen LogP contribution in [0, 0.1) is 0 Å². The van der Waals surface area contributed by atoms with Crippen LogP contribution in [0.5, 0.6) is 0 Å². The highest BCUT2D eigenvalue weighted by Gasteiger charge is 2.29. The first kappa shape index (κ1) is 15.2. The summed E-state index contributed by atoms with van der Waals surface area (Å²) in [6, 6.07) is 4.59. The maximum atomic E-state index is 12.5. The zero-order chi connectivity index (χ0) is 16.4. The van der Waals surface area contributed by atoms with Gasteiger partial charge in [0.1, 0.15) is 6.54 Å². The Morgan fingerprint density at radius 1 is 1.39 bits per heavy atom. The van der Waals surface area contributed by atoms with Gasteiger partial charge in [-0.15, -0.1) is 5.10 Å². The lowest BCUT2D eigenvalue weighted by Gasteiger charge is -2.34. The summed E-state index contributed by atoms with van der Waals surface area (Å²) in [4.78, 5) is 37.0. The van der Waals surface area contributed by atoms with E-state index in [0.717, 1.165) is 4.68 Å². The molecule has 0 bridgehead atoms. The van der Waals surface area contributed by atoms with Crippen LogP contribution in [0.1, 0.15) is 6.42 Å². The summed E-state index contributed by atoms with van der Waals surface area (Å²) < 4.78 is 7.68. The third-order valence-electron chi connectivity index (χ3n) is 3.73.